The van der Waals surface area contributed by atoms with Crippen molar-refractivity contribution >= 4 is 5.97 Å². The van der Waals surface area contributed by atoms with Crippen LogP contribution in [0.15, 0.2) is 0 Å². The Morgan fingerprint density at radius 1 is 1.64 bits per heavy atom. The summed E-state index contributed by atoms with van der Waals surface area (Å²) in [5.74, 6) is -0.131. The molecule has 0 bridgehead atoms. The average Bonchev–Trinajstić information content (AvgIpc) is 2.49. The van der Waals surface area contributed by atoms with Crippen LogP contribution in [-0.4, -0.2) is 43.7 Å². The molecule has 1 saturated heterocycles. The van der Waals surface area contributed by atoms with Crippen LogP contribution >= 0.6 is 0 Å². The van der Waals surface area contributed by atoms with Crippen LogP contribution < -0.4 is 5.73 Å². The van der Waals surface area contributed by atoms with Crippen molar-refractivity contribution in [1.82, 2.24) is 4.90 Å². The van der Waals surface area contributed by atoms with Crippen molar-refractivity contribution in [3.63, 3.8) is 0 Å². The minimum atomic E-state index is -0.131. The first-order valence-corrected chi connectivity index (χ1v) is 5.18. The maximum absolute atomic E-state index is 11.2. The van der Waals surface area contributed by atoms with Crippen LogP contribution in [0.3, 0.4) is 0 Å². The number of carbonyl (C=O) groups excluding carboxylic acids is 1. The molecule has 1 aliphatic heterocycles. The molecule has 1 unspecified atom stereocenters. The van der Waals surface area contributed by atoms with Gasteiger partial charge in [0.1, 0.15) is 0 Å². The lowest BCUT2D eigenvalue weighted by Gasteiger charge is -2.21. The Labute approximate surface area is 85.4 Å². The maximum Gasteiger partial charge on any atom is 0.320 e. The van der Waals surface area contributed by atoms with Gasteiger partial charge in [-0.15, -0.1) is 0 Å². The van der Waals surface area contributed by atoms with Gasteiger partial charge in [0, 0.05) is 6.54 Å². The molecule has 82 valence electrons. The number of ether oxygens (including phenoxy) is 1. The zero-order valence-electron chi connectivity index (χ0n) is 9.08. The molecule has 0 aromatic heterocycles. The molecule has 0 aromatic carbocycles. The average molecular weight is 200 g/mol. The van der Waals surface area contributed by atoms with Crippen LogP contribution in [0, 0.1) is 5.41 Å². The lowest BCUT2D eigenvalue weighted by Crippen LogP contribution is -2.34. The van der Waals surface area contributed by atoms with E-state index in [9.17, 15) is 4.79 Å². The van der Waals surface area contributed by atoms with Crippen LogP contribution in [-0.2, 0) is 9.53 Å². The first-order valence-electron chi connectivity index (χ1n) is 5.18. The molecule has 1 aliphatic rings. The molecule has 4 heteroatoms. The molecular weight excluding hydrogens is 180 g/mol. The highest BCUT2D eigenvalue weighted by molar-refractivity contribution is 5.71. The fourth-order valence-corrected chi connectivity index (χ4v) is 1.82. The van der Waals surface area contributed by atoms with E-state index in [1.165, 1.54) is 0 Å². The van der Waals surface area contributed by atoms with Crippen LogP contribution in [0.5, 0.6) is 0 Å². The summed E-state index contributed by atoms with van der Waals surface area (Å²) in [5.41, 5.74) is 5.86. The Balaban J connectivity index is 2.32. The second-order valence-corrected chi connectivity index (χ2v) is 4.28. The molecule has 4 nitrogen and oxygen atoms in total. The van der Waals surface area contributed by atoms with E-state index < -0.39 is 0 Å². The number of hydrogen-bond donors (Lipinski definition) is 1. The lowest BCUT2D eigenvalue weighted by molar-refractivity contribution is -0.144. The van der Waals surface area contributed by atoms with E-state index in [2.05, 4.69) is 11.8 Å². The second kappa shape index (κ2) is 4.75. The number of likely N-dealkylation sites (tertiary alicyclic amines) is 1. The molecular formula is C10H20N2O2. The van der Waals surface area contributed by atoms with E-state index in [0.29, 0.717) is 19.7 Å². The van der Waals surface area contributed by atoms with Gasteiger partial charge in [-0.25, -0.2) is 0 Å². The van der Waals surface area contributed by atoms with Gasteiger partial charge in [-0.1, -0.05) is 6.92 Å². The van der Waals surface area contributed by atoms with Crippen LogP contribution in [0.25, 0.3) is 0 Å². The minimum Gasteiger partial charge on any atom is -0.465 e. The quantitative estimate of drug-likeness (QED) is 0.660. The fraction of sp³-hybridized carbons (Fsp3) is 0.900. The third kappa shape index (κ3) is 2.96. The standard InChI is InChI=1S/C10H20N2O2/c1-3-14-9(13)6-12-5-4-10(2,7-11)8-12/h3-8,11H2,1-2H3. The summed E-state index contributed by atoms with van der Waals surface area (Å²) in [6, 6.07) is 0. The summed E-state index contributed by atoms with van der Waals surface area (Å²) in [7, 11) is 0. The van der Waals surface area contributed by atoms with Crippen molar-refractivity contribution in [2.45, 2.75) is 20.3 Å². The SMILES string of the molecule is CCOC(=O)CN1CCC(C)(CN)C1. The number of esters is 1. The topological polar surface area (TPSA) is 55.6 Å². The predicted octanol–water partition coefficient (Wildman–Crippen LogP) is 0.220. The van der Waals surface area contributed by atoms with Gasteiger partial charge in [0.25, 0.3) is 0 Å². The monoisotopic (exact) mass is 200 g/mol. The van der Waals surface area contributed by atoms with Gasteiger partial charge in [-0.3, -0.25) is 9.69 Å². The van der Waals surface area contributed by atoms with Gasteiger partial charge in [0.15, 0.2) is 0 Å². The normalized spacial score (nSPS) is 27.9. The van der Waals surface area contributed by atoms with Crippen LogP contribution in [0.4, 0.5) is 0 Å². The Morgan fingerprint density at radius 3 is 2.86 bits per heavy atom. The zero-order chi connectivity index (χ0) is 10.6. The Hall–Kier alpha value is -0.610. The Bertz CT molecular complexity index is 208. The van der Waals surface area contributed by atoms with Crippen molar-refractivity contribution < 1.29 is 9.53 Å². The Morgan fingerprint density at radius 2 is 2.36 bits per heavy atom. The highest BCUT2D eigenvalue weighted by atomic mass is 16.5. The fourth-order valence-electron chi connectivity index (χ4n) is 1.82. The number of nitrogens with zero attached hydrogens (tertiary/aromatic N) is 1. The molecule has 0 radical (unpaired) electrons. The maximum atomic E-state index is 11.2. The molecule has 0 spiro atoms. The van der Waals surface area contributed by atoms with E-state index in [-0.39, 0.29) is 11.4 Å². The molecule has 0 aliphatic carbocycles. The zero-order valence-corrected chi connectivity index (χ0v) is 9.08. The van der Waals surface area contributed by atoms with E-state index in [1.807, 2.05) is 6.92 Å². The predicted molar refractivity (Wildman–Crippen MR) is 54.9 cm³/mol. The number of hydrogen-bond acceptors (Lipinski definition) is 4. The second-order valence-electron chi connectivity index (χ2n) is 4.28. The van der Waals surface area contributed by atoms with Crippen molar-refractivity contribution in [3.8, 4) is 0 Å². The third-order valence-electron chi connectivity index (χ3n) is 2.79. The summed E-state index contributed by atoms with van der Waals surface area (Å²) >= 11 is 0. The molecule has 1 fully saturated rings. The summed E-state index contributed by atoms with van der Waals surface area (Å²) in [6.45, 7) is 7.40. The van der Waals surface area contributed by atoms with Gasteiger partial charge in [0.2, 0.25) is 0 Å². The first-order chi connectivity index (χ1) is 6.59. The van der Waals surface area contributed by atoms with E-state index >= 15 is 0 Å². The summed E-state index contributed by atoms with van der Waals surface area (Å²) in [6.07, 6.45) is 1.07. The first kappa shape index (κ1) is 11.5. The van der Waals surface area contributed by atoms with Crippen molar-refractivity contribution in [2.24, 2.45) is 11.1 Å². The molecule has 0 saturated carbocycles. The molecule has 1 atom stereocenters. The third-order valence-corrected chi connectivity index (χ3v) is 2.79. The van der Waals surface area contributed by atoms with Gasteiger partial charge in [0.05, 0.1) is 13.2 Å². The van der Waals surface area contributed by atoms with Gasteiger partial charge in [-0.2, -0.15) is 0 Å². The molecule has 14 heavy (non-hydrogen) atoms. The Kier molecular flexibility index (Phi) is 3.89. The number of nitrogens with two attached hydrogens (primary N) is 1. The highest BCUT2D eigenvalue weighted by Crippen LogP contribution is 2.27. The van der Waals surface area contributed by atoms with Crippen molar-refractivity contribution in [1.29, 1.82) is 0 Å². The van der Waals surface area contributed by atoms with Crippen LogP contribution in [0.1, 0.15) is 20.3 Å². The van der Waals surface area contributed by atoms with Crippen molar-refractivity contribution in [2.75, 3.05) is 32.8 Å². The van der Waals surface area contributed by atoms with Gasteiger partial charge >= 0.3 is 5.97 Å². The number of carbonyl (C=O) groups is 1. The number of rotatable bonds is 4. The molecule has 0 amide bonds. The van der Waals surface area contributed by atoms with Gasteiger partial charge < -0.3 is 10.5 Å². The smallest absolute Gasteiger partial charge is 0.320 e. The van der Waals surface area contributed by atoms with Crippen molar-refractivity contribution in [3.05, 3.63) is 0 Å². The van der Waals surface area contributed by atoms with E-state index in [4.69, 9.17) is 10.5 Å². The molecule has 1 heterocycles. The summed E-state index contributed by atoms with van der Waals surface area (Å²) < 4.78 is 4.89. The minimum absolute atomic E-state index is 0.131. The van der Waals surface area contributed by atoms with Gasteiger partial charge in [-0.05, 0) is 31.8 Å². The molecule has 0 aromatic rings. The highest BCUT2D eigenvalue weighted by Gasteiger charge is 2.33. The van der Waals surface area contributed by atoms with E-state index in [1.54, 1.807) is 0 Å². The summed E-state index contributed by atoms with van der Waals surface area (Å²) in [5, 5.41) is 0. The lowest BCUT2D eigenvalue weighted by atomic mass is 9.90. The molecule has 2 N–H and O–H groups in total. The largest absolute Gasteiger partial charge is 0.465 e. The van der Waals surface area contributed by atoms with E-state index in [0.717, 1.165) is 19.5 Å². The van der Waals surface area contributed by atoms with Crippen LogP contribution in [0.2, 0.25) is 0 Å². The summed E-state index contributed by atoms with van der Waals surface area (Å²) in [4.78, 5) is 13.3. The molecule has 1 rings (SSSR count).